The number of carbonyl (C=O) groups is 2. The summed E-state index contributed by atoms with van der Waals surface area (Å²) >= 11 is 0. The van der Waals surface area contributed by atoms with Gasteiger partial charge in [-0.05, 0) is 58.0 Å². The number of ether oxygens (including phenoxy) is 1. The minimum absolute atomic E-state index is 0.376. The van der Waals surface area contributed by atoms with Gasteiger partial charge in [-0.3, -0.25) is 9.78 Å². The van der Waals surface area contributed by atoms with E-state index in [-0.39, 0.29) is 5.91 Å². The molecule has 1 aromatic heterocycles. The number of nitrogens with one attached hydrogen (secondary N) is 1. The molecule has 0 saturated heterocycles. The van der Waals surface area contributed by atoms with Crippen LogP contribution in [0.3, 0.4) is 0 Å². The van der Waals surface area contributed by atoms with Gasteiger partial charge in [0.1, 0.15) is 0 Å². The molecule has 1 amide bonds. The number of nitrogens with zero attached hydrogens (tertiary/aromatic N) is 1. The lowest BCUT2D eigenvalue weighted by molar-refractivity contribution is -0.123. The van der Waals surface area contributed by atoms with Gasteiger partial charge in [0.05, 0.1) is 11.1 Å². The number of pyridine rings is 1. The molecule has 3 rings (SSSR count). The summed E-state index contributed by atoms with van der Waals surface area (Å²) in [6.45, 7) is 7.30. The van der Waals surface area contributed by atoms with Crippen molar-refractivity contribution in [1.29, 1.82) is 0 Å². The van der Waals surface area contributed by atoms with Crippen LogP contribution in [0.4, 0.5) is 5.69 Å². The van der Waals surface area contributed by atoms with Crippen LogP contribution in [0.2, 0.25) is 0 Å². The van der Waals surface area contributed by atoms with Crippen molar-refractivity contribution in [2.24, 2.45) is 0 Å². The van der Waals surface area contributed by atoms with Gasteiger partial charge < -0.3 is 10.1 Å². The Balaban J connectivity index is 1.78. The van der Waals surface area contributed by atoms with E-state index in [9.17, 15) is 9.59 Å². The fourth-order valence-electron chi connectivity index (χ4n) is 2.80. The smallest absolute Gasteiger partial charge is 0.339 e. The van der Waals surface area contributed by atoms with E-state index in [2.05, 4.69) is 10.3 Å². The van der Waals surface area contributed by atoms with Crippen LogP contribution in [0.15, 0.2) is 48.5 Å². The molecule has 2 aromatic carbocycles. The highest BCUT2D eigenvalue weighted by Crippen LogP contribution is 2.21. The second-order valence-corrected chi connectivity index (χ2v) is 6.73. The largest absolute Gasteiger partial charge is 0.449 e. The maximum Gasteiger partial charge on any atom is 0.339 e. The molecule has 0 saturated carbocycles. The van der Waals surface area contributed by atoms with Gasteiger partial charge in [-0.15, -0.1) is 0 Å². The van der Waals surface area contributed by atoms with E-state index < -0.39 is 12.1 Å². The molecule has 0 aliphatic rings. The number of carbonyl (C=O) groups excluding carboxylic acids is 2. The van der Waals surface area contributed by atoms with Crippen molar-refractivity contribution in [2.45, 2.75) is 33.8 Å². The lowest BCUT2D eigenvalue weighted by Gasteiger charge is -2.15. The number of amides is 1. The molecule has 5 heteroatoms. The lowest BCUT2D eigenvalue weighted by atomic mass is 10.1. The third-order valence-corrected chi connectivity index (χ3v) is 4.28. The Hall–Kier alpha value is -3.21. The maximum absolute atomic E-state index is 12.7. The van der Waals surface area contributed by atoms with Gasteiger partial charge in [0, 0.05) is 16.8 Å². The van der Waals surface area contributed by atoms with Crippen molar-refractivity contribution < 1.29 is 14.3 Å². The van der Waals surface area contributed by atoms with E-state index in [0.717, 1.165) is 27.7 Å². The van der Waals surface area contributed by atoms with Crippen molar-refractivity contribution in [2.75, 3.05) is 5.32 Å². The summed E-state index contributed by atoms with van der Waals surface area (Å²) in [6.07, 6.45) is -0.924. The minimum Gasteiger partial charge on any atom is -0.449 e. The molecular weight excluding hydrogens is 340 g/mol. The van der Waals surface area contributed by atoms with E-state index in [1.165, 1.54) is 0 Å². The highest BCUT2D eigenvalue weighted by Gasteiger charge is 2.21. The predicted octanol–water partition coefficient (Wildman–Crippen LogP) is 4.34. The number of aromatic nitrogens is 1. The highest BCUT2D eigenvalue weighted by atomic mass is 16.5. The Morgan fingerprint density at radius 3 is 2.33 bits per heavy atom. The van der Waals surface area contributed by atoms with E-state index in [1.54, 1.807) is 13.0 Å². The van der Waals surface area contributed by atoms with E-state index in [1.807, 2.05) is 63.2 Å². The first-order valence-electron chi connectivity index (χ1n) is 8.80. The van der Waals surface area contributed by atoms with Gasteiger partial charge >= 0.3 is 5.97 Å². The summed E-state index contributed by atoms with van der Waals surface area (Å²) in [5.41, 5.74) is 4.64. The molecule has 138 valence electrons. The minimum atomic E-state index is -0.924. The zero-order valence-electron chi connectivity index (χ0n) is 15.9. The number of hydrogen-bond donors (Lipinski definition) is 1. The van der Waals surface area contributed by atoms with Crippen LogP contribution < -0.4 is 5.32 Å². The summed E-state index contributed by atoms with van der Waals surface area (Å²) < 4.78 is 5.42. The van der Waals surface area contributed by atoms with Gasteiger partial charge in [-0.2, -0.15) is 0 Å². The first-order valence-corrected chi connectivity index (χ1v) is 8.80. The third-order valence-electron chi connectivity index (χ3n) is 4.28. The highest BCUT2D eigenvalue weighted by molar-refractivity contribution is 6.05. The molecule has 0 spiro atoms. The molecule has 1 unspecified atom stereocenters. The average molecular weight is 362 g/mol. The fraction of sp³-hybridized carbons (Fsp3) is 0.227. The quantitative estimate of drug-likeness (QED) is 0.701. The number of fused-ring (bicyclic) bond motifs is 1. The third kappa shape index (κ3) is 4.31. The summed E-state index contributed by atoms with van der Waals surface area (Å²) in [7, 11) is 0. The van der Waals surface area contributed by atoms with Gasteiger partial charge in [-0.25, -0.2) is 4.79 Å². The molecule has 3 aromatic rings. The van der Waals surface area contributed by atoms with Gasteiger partial charge in [0.25, 0.3) is 5.91 Å². The second kappa shape index (κ2) is 7.58. The van der Waals surface area contributed by atoms with Crippen LogP contribution in [0, 0.1) is 20.8 Å². The van der Waals surface area contributed by atoms with Crippen molar-refractivity contribution in [3.8, 4) is 0 Å². The number of rotatable bonds is 4. The average Bonchev–Trinajstić information content (AvgIpc) is 2.63. The summed E-state index contributed by atoms with van der Waals surface area (Å²) in [4.78, 5) is 29.5. The van der Waals surface area contributed by atoms with Gasteiger partial charge in [-0.1, -0.05) is 29.3 Å². The first kappa shape index (κ1) is 18.6. The van der Waals surface area contributed by atoms with Crippen LogP contribution in [-0.2, 0) is 9.53 Å². The summed E-state index contributed by atoms with van der Waals surface area (Å²) in [5, 5.41) is 3.47. The molecule has 1 heterocycles. The van der Waals surface area contributed by atoms with Crippen LogP contribution in [-0.4, -0.2) is 23.0 Å². The Morgan fingerprint density at radius 2 is 1.63 bits per heavy atom. The van der Waals surface area contributed by atoms with Crippen molar-refractivity contribution in [3.05, 3.63) is 70.9 Å². The maximum atomic E-state index is 12.7. The van der Waals surface area contributed by atoms with Crippen LogP contribution >= 0.6 is 0 Å². The van der Waals surface area contributed by atoms with Crippen molar-refractivity contribution in [3.63, 3.8) is 0 Å². The lowest BCUT2D eigenvalue weighted by Crippen LogP contribution is -2.30. The summed E-state index contributed by atoms with van der Waals surface area (Å²) in [6, 6.07) is 14.8. The molecule has 1 atom stereocenters. The van der Waals surface area contributed by atoms with E-state index in [4.69, 9.17) is 4.74 Å². The van der Waals surface area contributed by atoms with Gasteiger partial charge in [0.15, 0.2) is 6.10 Å². The topological polar surface area (TPSA) is 68.3 Å². The Kier molecular flexibility index (Phi) is 5.21. The zero-order chi connectivity index (χ0) is 19.6. The number of aryl methyl sites for hydroxylation is 3. The molecule has 0 radical (unpaired) electrons. The SMILES string of the molecule is Cc1ccc(NC(=O)C(C)OC(=O)c2cc(C)nc3ccc(C)cc23)cc1. The molecule has 1 N–H and O–H groups in total. The zero-order valence-corrected chi connectivity index (χ0v) is 15.9. The van der Waals surface area contributed by atoms with Crippen LogP contribution in [0.5, 0.6) is 0 Å². The van der Waals surface area contributed by atoms with Crippen molar-refractivity contribution in [1.82, 2.24) is 4.98 Å². The molecule has 0 aliphatic carbocycles. The summed E-state index contributed by atoms with van der Waals surface area (Å²) in [5.74, 6) is -0.916. The molecule has 0 bridgehead atoms. The number of hydrogen-bond acceptors (Lipinski definition) is 4. The molecule has 5 nitrogen and oxygen atoms in total. The molecule has 0 aliphatic heterocycles. The molecule has 27 heavy (non-hydrogen) atoms. The van der Waals surface area contributed by atoms with Crippen molar-refractivity contribution >= 4 is 28.5 Å². The first-order chi connectivity index (χ1) is 12.8. The molecular formula is C22H22N2O3. The Labute approximate surface area is 158 Å². The predicted molar refractivity (Wildman–Crippen MR) is 106 cm³/mol. The Morgan fingerprint density at radius 1 is 0.963 bits per heavy atom. The Bertz CT molecular complexity index is 1010. The van der Waals surface area contributed by atoms with Gasteiger partial charge in [0.2, 0.25) is 0 Å². The number of anilines is 1. The second-order valence-electron chi connectivity index (χ2n) is 6.73. The fourth-order valence-corrected chi connectivity index (χ4v) is 2.80. The number of esters is 1. The van der Waals surface area contributed by atoms with Crippen LogP contribution in [0.25, 0.3) is 10.9 Å². The normalized spacial score (nSPS) is 11.9. The monoisotopic (exact) mass is 362 g/mol. The molecule has 0 fully saturated rings. The standard InChI is InChI=1S/C22H22N2O3/c1-13-5-8-17(9-6-13)24-21(25)16(4)27-22(26)19-12-15(3)23-20-10-7-14(2)11-18(19)20/h5-12,16H,1-4H3,(H,24,25). The number of benzene rings is 2. The van der Waals surface area contributed by atoms with E-state index >= 15 is 0 Å². The van der Waals surface area contributed by atoms with Crippen LogP contribution in [0.1, 0.15) is 34.1 Å². The van der Waals surface area contributed by atoms with E-state index in [0.29, 0.717) is 11.3 Å².